The Morgan fingerprint density at radius 2 is 2.06 bits per heavy atom. The molecule has 0 spiro atoms. The summed E-state index contributed by atoms with van der Waals surface area (Å²) < 4.78 is 5.69. The van der Waals surface area contributed by atoms with Crippen LogP contribution in [0.15, 0.2) is 0 Å². The summed E-state index contributed by atoms with van der Waals surface area (Å²) in [6.45, 7) is 8.58. The van der Waals surface area contributed by atoms with Gasteiger partial charge in [-0.3, -0.25) is 0 Å². The largest absolute Gasteiger partial charge is 0.396 e. The number of hydrogen-bond acceptors (Lipinski definition) is 2. The predicted octanol–water partition coefficient (Wildman–Crippen LogP) is 3.48. The molecule has 0 amide bonds. The quantitative estimate of drug-likeness (QED) is 0.740. The summed E-state index contributed by atoms with van der Waals surface area (Å²) >= 11 is 0. The third-order valence-electron chi connectivity index (χ3n) is 4.46. The van der Waals surface area contributed by atoms with Crippen molar-refractivity contribution in [2.24, 2.45) is 23.7 Å². The molecule has 1 rings (SSSR count). The molecule has 102 valence electrons. The molecular formula is C15H30O2. The van der Waals surface area contributed by atoms with Crippen LogP contribution in [0.3, 0.4) is 0 Å². The Balaban J connectivity index is 2.64. The average molecular weight is 242 g/mol. The van der Waals surface area contributed by atoms with Crippen molar-refractivity contribution in [1.82, 2.24) is 0 Å². The van der Waals surface area contributed by atoms with E-state index < -0.39 is 0 Å². The normalized spacial score (nSPS) is 31.4. The van der Waals surface area contributed by atoms with Crippen LogP contribution in [0.5, 0.6) is 0 Å². The van der Waals surface area contributed by atoms with Crippen molar-refractivity contribution >= 4 is 0 Å². The molecule has 1 aliphatic carbocycles. The molecule has 0 radical (unpaired) electrons. The van der Waals surface area contributed by atoms with Gasteiger partial charge in [-0.2, -0.15) is 0 Å². The van der Waals surface area contributed by atoms with Crippen molar-refractivity contribution in [2.45, 2.75) is 52.9 Å². The number of aliphatic hydroxyl groups is 1. The lowest BCUT2D eigenvalue weighted by Gasteiger charge is -2.40. The zero-order valence-electron chi connectivity index (χ0n) is 11.8. The molecule has 17 heavy (non-hydrogen) atoms. The van der Waals surface area contributed by atoms with Gasteiger partial charge in [-0.15, -0.1) is 0 Å². The number of rotatable bonds is 7. The highest BCUT2D eigenvalue weighted by Gasteiger charge is 2.35. The van der Waals surface area contributed by atoms with Crippen molar-refractivity contribution in [3.63, 3.8) is 0 Å². The summed E-state index contributed by atoms with van der Waals surface area (Å²) in [6.07, 6.45) is 6.57. The monoisotopic (exact) mass is 242 g/mol. The fourth-order valence-electron chi connectivity index (χ4n) is 3.48. The molecule has 1 saturated carbocycles. The fourth-order valence-corrected chi connectivity index (χ4v) is 3.48. The molecule has 0 aliphatic heterocycles. The molecule has 1 aliphatic rings. The van der Waals surface area contributed by atoms with E-state index in [-0.39, 0.29) is 0 Å². The molecule has 0 heterocycles. The van der Waals surface area contributed by atoms with E-state index in [9.17, 15) is 5.11 Å². The van der Waals surface area contributed by atoms with E-state index in [0.29, 0.717) is 24.4 Å². The maximum atomic E-state index is 9.41. The predicted molar refractivity (Wildman–Crippen MR) is 72.0 cm³/mol. The number of ether oxygens (including phenoxy) is 1. The Kier molecular flexibility index (Phi) is 7.14. The highest BCUT2D eigenvalue weighted by atomic mass is 16.5. The third kappa shape index (κ3) is 4.26. The summed E-state index contributed by atoms with van der Waals surface area (Å²) in [5.74, 6) is 2.59. The van der Waals surface area contributed by atoms with Crippen LogP contribution in [0.4, 0.5) is 0 Å². The molecule has 0 saturated heterocycles. The van der Waals surface area contributed by atoms with Gasteiger partial charge in [-0.25, -0.2) is 0 Å². The molecule has 1 N–H and O–H groups in total. The van der Waals surface area contributed by atoms with Crippen molar-refractivity contribution in [3.05, 3.63) is 0 Å². The SMILES string of the molecule is CCCC1CCC[C@@H](C(C)CO)C1COCC. The Morgan fingerprint density at radius 1 is 1.29 bits per heavy atom. The highest BCUT2D eigenvalue weighted by molar-refractivity contribution is 4.84. The van der Waals surface area contributed by atoms with E-state index in [0.717, 1.165) is 19.1 Å². The second kappa shape index (κ2) is 8.10. The van der Waals surface area contributed by atoms with Gasteiger partial charge in [0.25, 0.3) is 0 Å². The van der Waals surface area contributed by atoms with Crippen molar-refractivity contribution < 1.29 is 9.84 Å². The van der Waals surface area contributed by atoms with Gasteiger partial charge in [0.15, 0.2) is 0 Å². The van der Waals surface area contributed by atoms with Gasteiger partial charge >= 0.3 is 0 Å². The van der Waals surface area contributed by atoms with Gasteiger partial charge in [0.2, 0.25) is 0 Å². The van der Waals surface area contributed by atoms with E-state index in [1.807, 2.05) is 0 Å². The van der Waals surface area contributed by atoms with Crippen LogP contribution in [0.25, 0.3) is 0 Å². The minimum atomic E-state index is 0.326. The van der Waals surface area contributed by atoms with E-state index in [1.54, 1.807) is 0 Å². The topological polar surface area (TPSA) is 29.5 Å². The highest BCUT2D eigenvalue weighted by Crippen LogP contribution is 2.41. The second-order valence-electron chi connectivity index (χ2n) is 5.63. The Morgan fingerprint density at radius 3 is 2.65 bits per heavy atom. The summed E-state index contributed by atoms with van der Waals surface area (Å²) in [6, 6.07) is 0. The summed E-state index contributed by atoms with van der Waals surface area (Å²) in [5.41, 5.74) is 0. The zero-order valence-corrected chi connectivity index (χ0v) is 11.8. The Bertz CT molecular complexity index is 191. The molecule has 0 aromatic carbocycles. The molecule has 0 aromatic heterocycles. The Labute approximate surface area is 107 Å². The van der Waals surface area contributed by atoms with Gasteiger partial charge in [-0.05, 0) is 37.0 Å². The lowest BCUT2D eigenvalue weighted by molar-refractivity contribution is 0.000892. The standard InChI is InChI=1S/C15H30O2/c1-4-7-13-8-6-9-14(12(3)10-16)15(13)11-17-5-2/h12-16H,4-11H2,1-3H3/t12?,13?,14-,15?/m0/s1. The number of aliphatic hydroxyl groups excluding tert-OH is 1. The first-order chi connectivity index (χ1) is 8.24. The van der Waals surface area contributed by atoms with Crippen LogP contribution in [0.1, 0.15) is 52.9 Å². The summed E-state index contributed by atoms with van der Waals surface area (Å²) in [5, 5.41) is 9.41. The fraction of sp³-hybridized carbons (Fsp3) is 1.00. The van der Waals surface area contributed by atoms with Crippen molar-refractivity contribution in [2.75, 3.05) is 19.8 Å². The van der Waals surface area contributed by atoms with E-state index in [4.69, 9.17) is 4.74 Å². The van der Waals surface area contributed by atoms with Crippen molar-refractivity contribution in [3.8, 4) is 0 Å². The second-order valence-corrected chi connectivity index (χ2v) is 5.63. The van der Waals surface area contributed by atoms with Gasteiger partial charge in [0.1, 0.15) is 0 Å². The first-order valence-corrected chi connectivity index (χ1v) is 7.43. The molecule has 1 fully saturated rings. The summed E-state index contributed by atoms with van der Waals surface area (Å²) in [4.78, 5) is 0. The van der Waals surface area contributed by atoms with Gasteiger partial charge in [-0.1, -0.05) is 39.5 Å². The molecule has 0 aromatic rings. The van der Waals surface area contributed by atoms with E-state index >= 15 is 0 Å². The van der Waals surface area contributed by atoms with E-state index in [2.05, 4.69) is 20.8 Å². The first kappa shape index (κ1) is 15.0. The van der Waals surface area contributed by atoms with Crippen LogP contribution >= 0.6 is 0 Å². The van der Waals surface area contributed by atoms with Crippen LogP contribution in [0, 0.1) is 23.7 Å². The molecule has 2 nitrogen and oxygen atoms in total. The molecular weight excluding hydrogens is 212 g/mol. The number of hydrogen-bond donors (Lipinski definition) is 1. The molecule has 2 heteroatoms. The smallest absolute Gasteiger partial charge is 0.0499 e. The lowest BCUT2D eigenvalue weighted by atomic mass is 9.67. The third-order valence-corrected chi connectivity index (χ3v) is 4.46. The molecule has 4 atom stereocenters. The zero-order chi connectivity index (χ0) is 12.7. The minimum absolute atomic E-state index is 0.326. The maximum Gasteiger partial charge on any atom is 0.0499 e. The lowest BCUT2D eigenvalue weighted by Crippen LogP contribution is -2.36. The van der Waals surface area contributed by atoms with Crippen LogP contribution in [-0.4, -0.2) is 24.9 Å². The van der Waals surface area contributed by atoms with Crippen LogP contribution < -0.4 is 0 Å². The molecule has 0 bridgehead atoms. The van der Waals surface area contributed by atoms with Gasteiger partial charge < -0.3 is 9.84 Å². The van der Waals surface area contributed by atoms with E-state index in [1.165, 1.54) is 32.1 Å². The maximum absolute atomic E-state index is 9.41. The minimum Gasteiger partial charge on any atom is -0.396 e. The van der Waals surface area contributed by atoms with Gasteiger partial charge in [0, 0.05) is 19.8 Å². The van der Waals surface area contributed by atoms with Crippen LogP contribution in [-0.2, 0) is 4.74 Å². The first-order valence-electron chi connectivity index (χ1n) is 7.43. The van der Waals surface area contributed by atoms with Gasteiger partial charge in [0.05, 0.1) is 0 Å². The average Bonchev–Trinajstić information content (AvgIpc) is 2.36. The van der Waals surface area contributed by atoms with Crippen molar-refractivity contribution in [1.29, 1.82) is 0 Å². The Hall–Kier alpha value is -0.0800. The van der Waals surface area contributed by atoms with Crippen LogP contribution in [0.2, 0.25) is 0 Å². The summed E-state index contributed by atoms with van der Waals surface area (Å²) in [7, 11) is 0. The molecule has 3 unspecified atom stereocenters.